The molecule has 0 heterocycles. The molecule has 0 atom stereocenters. The first-order valence-electron chi connectivity index (χ1n) is 7.51. The van der Waals surface area contributed by atoms with Crippen molar-refractivity contribution >= 4 is 11.7 Å². The van der Waals surface area contributed by atoms with E-state index < -0.39 is 0 Å². The van der Waals surface area contributed by atoms with Crippen LogP contribution in [0.5, 0.6) is 0 Å². The zero-order valence-corrected chi connectivity index (χ0v) is 13.3. The van der Waals surface area contributed by atoms with Crippen LogP contribution in [0.3, 0.4) is 0 Å². The Kier molecular flexibility index (Phi) is 6.70. The number of Topliss-reactive ketones (excluding diaryl/α,β-unsaturated/α-hetero) is 1. The summed E-state index contributed by atoms with van der Waals surface area (Å²) in [4.78, 5) is 26.7. The third-order valence-corrected chi connectivity index (χ3v) is 3.45. The molecule has 1 fully saturated rings. The van der Waals surface area contributed by atoms with Gasteiger partial charge in [0.15, 0.2) is 0 Å². The third-order valence-electron chi connectivity index (χ3n) is 3.45. The number of carbonyl (C=O) groups is 2. The number of carbonyl (C=O) groups excluding carboxylic acids is 2. The molecular formula is C17H26NO2. The second kappa shape index (κ2) is 7.80. The van der Waals surface area contributed by atoms with Crippen molar-refractivity contribution < 1.29 is 9.59 Å². The highest BCUT2D eigenvalue weighted by Gasteiger charge is 2.41. The molecule has 5 radical (unpaired) electrons. The molecule has 0 aliphatic heterocycles. The molecule has 0 saturated heterocycles. The van der Waals surface area contributed by atoms with E-state index in [0.717, 1.165) is 12.8 Å². The summed E-state index contributed by atoms with van der Waals surface area (Å²) >= 11 is 0. The van der Waals surface area contributed by atoms with Crippen LogP contribution >= 0.6 is 0 Å². The Morgan fingerprint density at radius 3 is 2.10 bits per heavy atom. The minimum absolute atomic E-state index is 0.0418. The molecule has 1 amide bonds. The van der Waals surface area contributed by atoms with E-state index in [2.05, 4.69) is 6.92 Å². The highest BCUT2D eigenvalue weighted by molar-refractivity contribution is 6.11. The minimum atomic E-state index is -0.0418. The predicted octanol–water partition coefficient (Wildman–Crippen LogP) is 3.17. The fourth-order valence-electron chi connectivity index (χ4n) is 2.53. The molecule has 1 aliphatic carbocycles. The number of hydrogen-bond donors (Lipinski definition) is 0. The van der Waals surface area contributed by atoms with E-state index in [0.29, 0.717) is 18.3 Å². The SMILES string of the molecule is CCCCC(=O)[C]1[CH][CH][CH][C]1C(=O)N(C(C)C)C(C)C. The highest BCUT2D eigenvalue weighted by Crippen LogP contribution is 2.37. The summed E-state index contributed by atoms with van der Waals surface area (Å²) in [6.45, 7) is 10.1. The summed E-state index contributed by atoms with van der Waals surface area (Å²) in [5.41, 5.74) is 0. The molecule has 0 unspecified atom stereocenters. The number of ketones is 1. The zero-order valence-electron chi connectivity index (χ0n) is 13.3. The number of hydrogen-bond acceptors (Lipinski definition) is 2. The monoisotopic (exact) mass is 276 g/mol. The van der Waals surface area contributed by atoms with Gasteiger partial charge in [0.2, 0.25) is 5.91 Å². The first-order chi connectivity index (χ1) is 9.40. The van der Waals surface area contributed by atoms with Crippen LogP contribution in [-0.4, -0.2) is 28.7 Å². The minimum Gasteiger partial charge on any atom is -0.337 e. The number of amides is 1. The van der Waals surface area contributed by atoms with Gasteiger partial charge in [-0.2, -0.15) is 0 Å². The Morgan fingerprint density at radius 2 is 1.60 bits per heavy atom. The highest BCUT2D eigenvalue weighted by atomic mass is 16.2. The molecule has 0 N–H and O–H groups in total. The van der Waals surface area contributed by atoms with Crippen LogP contribution in [0, 0.1) is 31.1 Å². The van der Waals surface area contributed by atoms with Crippen LogP contribution in [0.2, 0.25) is 0 Å². The van der Waals surface area contributed by atoms with Crippen LogP contribution in [0.1, 0.15) is 53.9 Å². The summed E-state index contributed by atoms with van der Waals surface area (Å²) in [6.07, 6.45) is 7.70. The second-order valence-electron chi connectivity index (χ2n) is 5.78. The molecule has 3 nitrogen and oxygen atoms in total. The zero-order chi connectivity index (χ0) is 15.3. The lowest BCUT2D eigenvalue weighted by Crippen LogP contribution is -2.45. The van der Waals surface area contributed by atoms with E-state index in [1.165, 1.54) is 0 Å². The molecule has 1 rings (SSSR count). The molecular weight excluding hydrogens is 250 g/mol. The average molecular weight is 276 g/mol. The summed E-state index contributed by atoms with van der Waals surface area (Å²) < 4.78 is 0. The smallest absolute Gasteiger partial charge is 0.231 e. The van der Waals surface area contributed by atoms with Crippen LogP contribution in [0.25, 0.3) is 0 Å². The van der Waals surface area contributed by atoms with Crippen LogP contribution in [-0.2, 0) is 9.59 Å². The molecule has 111 valence electrons. The molecule has 0 aromatic heterocycles. The van der Waals surface area contributed by atoms with E-state index in [-0.39, 0.29) is 23.8 Å². The Hall–Kier alpha value is -0.860. The van der Waals surface area contributed by atoms with Gasteiger partial charge in [0.05, 0.1) is 11.8 Å². The lowest BCUT2D eigenvalue weighted by atomic mass is 9.88. The van der Waals surface area contributed by atoms with Crippen LogP contribution in [0.4, 0.5) is 0 Å². The van der Waals surface area contributed by atoms with Gasteiger partial charge in [0, 0.05) is 18.5 Å². The summed E-state index contributed by atoms with van der Waals surface area (Å²) in [5.74, 6) is 1.16. The van der Waals surface area contributed by atoms with E-state index >= 15 is 0 Å². The summed E-state index contributed by atoms with van der Waals surface area (Å²) in [7, 11) is 0. The summed E-state index contributed by atoms with van der Waals surface area (Å²) in [5, 5.41) is 0. The topological polar surface area (TPSA) is 37.4 Å². The number of nitrogens with zero attached hydrogens (tertiary/aromatic N) is 1. The van der Waals surface area contributed by atoms with Crippen molar-refractivity contribution in [2.75, 3.05) is 0 Å². The van der Waals surface area contributed by atoms with E-state index in [1.54, 1.807) is 19.3 Å². The number of rotatable bonds is 7. The molecule has 0 aromatic carbocycles. The fourth-order valence-corrected chi connectivity index (χ4v) is 2.53. The van der Waals surface area contributed by atoms with E-state index in [4.69, 9.17) is 0 Å². The van der Waals surface area contributed by atoms with Gasteiger partial charge in [-0.05, 0) is 53.4 Å². The van der Waals surface area contributed by atoms with Crippen molar-refractivity contribution in [3.8, 4) is 0 Å². The molecule has 0 spiro atoms. The molecule has 0 aromatic rings. The van der Waals surface area contributed by atoms with Crippen LogP contribution < -0.4 is 0 Å². The van der Waals surface area contributed by atoms with Crippen molar-refractivity contribution in [1.82, 2.24) is 4.90 Å². The molecule has 1 saturated carbocycles. The van der Waals surface area contributed by atoms with Gasteiger partial charge in [-0.3, -0.25) is 9.59 Å². The van der Waals surface area contributed by atoms with E-state index in [9.17, 15) is 9.59 Å². The van der Waals surface area contributed by atoms with Crippen molar-refractivity contribution in [2.24, 2.45) is 0 Å². The fraction of sp³-hybridized carbons (Fsp3) is 0.588. The van der Waals surface area contributed by atoms with Gasteiger partial charge < -0.3 is 4.90 Å². The molecule has 1 aliphatic rings. The maximum atomic E-state index is 12.7. The Bertz CT molecular complexity index is 328. The van der Waals surface area contributed by atoms with Crippen molar-refractivity contribution in [3.63, 3.8) is 0 Å². The van der Waals surface area contributed by atoms with Gasteiger partial charge in [0.25, 0.3) is 0 Å². The summed E-state index contributed by atoms with van der Waals surface area (Å²) in [6, 6.07) is 0.243. The van der Waals surface area contributed by atoms with Gasteiger partial charge in [-0.25, -0.2) is 0 Å². The Balaban J connectivity index is 2.77. The second-order valence-corrected chi connectivity index (χ2v) is 5.78. The van der Waals surface area contributed by atoms with Gasteiger partial charge in [0.1, 0.15) is 5.78 Å². The largest absolute Gasteiger partial charge is 0.337 e. The van der Waals surface area contributed by atoms with Crippen molar-refractivity contribution in [2.45, 2.75) is 66.0 Å². The average Bonchev–Trinajstić information content (AvgIpc) is 2.84. The van der Waals surface area contributed by atoms with Crippen molar-refractivity contribution in [3.05, 3.63) is 31.1 Å². The van der Waals surface area contributed by atoms with Crippen molar-refractivity contribution in [1.29, 1.82) is 0 Å². The quantitative estimate of drug-likeness (QED) is 0.716. The Labute approximate surface area is 124 Å². The first kappa shape index (κ1) is 17.2. The normalized spacial score (nSPS) is 17.1. The first-order valence-corrected chi connectivity index (χ1v) is 7.51. The lowest BCUT2D eigenvalue weighted by Gasteiger charge is -2.34. The maximum absolute atomic E-state index is 12.7. The molecule has 3 heteroatoms. The van der Waals surface area contributed by atoms with E-state index in [1.807, 2.05) is 32.6 Å². The van der Waals surface area contributed by atoms with Crippen LogP contribution in [0.15, 0.2) is 0 Å². The van der Waals surface area contributed by atoms with Gasteiger partial charge in [-0.15, -0.1) is 0 Å². The predicted molar refractivity (Wildman–Crippen MR) is 81.0 cm³/mol. The maximum Gasteiger partial charge on any atom is 0.231 e. The third kappa shape index (κ3) is 4.07. The molecule has 20 heavy (non-hydrogen) atoms. The molecule has 0 bridgehead atoms. The van der Waals surface area contributed by atoms with Gasteiger partial charge in [-0.1, -0.05) is 13.3 Å². The lowest BCUT2D eigenvalue weighted by molar-refractivity contribution is -0.133. The number of unbranched alkanes of at least 4 members (excludes halogenated alkanes) is 1. The Morgan fingerprint density at radius 1 is 1.05 bits per heavy atom. The standard InChI is InChI=1S/C17H26NO2/c1-6-7-11-16(19)14-9-8-10-15(14)17(20)18(12(2)3)13(4)5/h8-10,12-13H,6-7,11H2,1-5H3. The van der Waals surface area contributed by atoms with Gasteiger partial charge >= 0.3 is 0 Å².